The molecule has 176 valence electrons. The summed E-state index contributed by atoms with van der Waals surface area (Å²) in [5.74, 6) is 0.574. The number of aryl methyl sites for hydroxylation is 1. The number of hydrogen-bond donors (Lipinski definition) is 0. The van der Waals surface area contributed by atoms with Crippen LogP contribution in [0.3, 0.4) is 0 Å². The second-order valence-corrected chi connectivity index (χ2v) is 8.31. The van der Waals surface area contributed by atoms with Crippen LogP contribution in [0.5, 0.6) is 0 Å². The number of carbonyl (C=O) groups excluding carboxylic acids is 1. The van der Waals surface area contributed by atoms with E-state index in [0.29, 0.717) is 50.0 Å². The Balaban J connectivity index is 1.20. The maximum Gasteiger partial charge on any atom is 0.416 e. The minimum absolute atomic E-state index is 0.107. The predicted molar refractivity (Wildman–Crippen MR) is 117 cm³/mol. The lowest BCUT2D eigenvalue weighted by molar-refractivity contribution is -0.137. The number of halogens is 3. The van der Waals surface area contributed by atoms with Crippen LogP contribution in [-0.4, -0.2) is 52.0 Å². The van der Waals surface area contributed by atoms with Crippen LogP contribution in [0.1, 0.15) is 27.6 Å². The molecule has 1 fully saturated rings. The average molecular weight is 470 g/mol. The zero-order chi connectivity index (χ0) is 23.9. The molecule has 10 heteroatoms. The largest absolute Gasteiger partial charge is 0.451 e. The number of benzene rings is 2. The Bertz CT molecular complexity index is 1340. The topological polar surface area (TPSA) is 75.6 Å². The first-order valence-corrected chi connectivity index (χ1v) is 10.8. The van der Waals surface area contributed by atoms with Crippen molar-refractivity contribution < 1.29 is 26.9 Å². The maximum absolute atomic E-state index is 13.0. The van der Waals surface area contributed by atoms with Crippen LogP contribution < -0.4 is 0 Å². The van der Waals surface area contributed by atoms with Gasteiger partial charge in [-0.1, -0.05) is 28.9 Å². The minimum atomic E-state index is -4.44. The van der Waals surface area contributed by atoms with Crippen molar-refractivity contribution in [1.29, 1.82) is 0 Å². The lowest BCUT2D eigenvalue weighted by Gasteiger charge is -2.33. The fraction of sp³-hybridized carbons (Fsp3) is 0.292. The summed E-state index contributed by atoms with van der Waals surface area (Å²) in [6.07, 6.45) is -4.44. The second-order valence-electron chi connectivity index (χ2n) is 8.31. The Kier molecular flexibility index (Phi) is 5.60. The molecule has 0 unspecified atom stereocenters. The lowest BCUT2D eigenvalue weighted by Crippen LogP contribution is -2.48. The van der Waals surface area contributed by atoms with Crippen molar-refractivity contribution in [2.45, 2.75) is 19.6 Å². The van der Waals surface area contributed by atoms with Crippen LogP contribution in [0.2, 0.25) is 0 Å². The van der Waals surface area contributed by atoms with Gasteiger partial charge in [-0.25, -0.2) is 0 Å². The van der Waals surface area contributed by atoms with Gasteiger partial charge >= 0.3 is 6.18 Å². The number of aromatic nitrogens is 2. The molecule has 0 saturated carbocycles. The van der Waals surface area contributed by atoms with Gasteiger partial charge in [0.25, 0.3) is 5.91 Å². The Hall–Kier alpha value is -3.66. The van der Waals surface area contributed by atoms with Gasteiger partial charge < -0.3 is 13.8 Å². The molecule has 0 radical (unpaired) electrons. The van der Waals surface area contributed by atoms with E-state index in [4.69, 9.17) is 8.94 Å². The number of piperazine rings is 1. The zero-order valence-corrected chi connectivity index (χ0v) is 18.3. The molecule has 1 aliphatic rings. The first-order valence-electron chi connectivity index (χ1n) is 10.8. The number of amides is 1. The molecule has 4 aromatic rings. The van der Waals surface area contributed by atoms with E-state index in [-0.39, 0.29) is 17.3 Å². The summed E-state index contributed by atoms with van der Waals surface area (Å²) in [6, 6.07) is 12.4. The summed E-state index contributed by atoms with van der Waals surface area (Å²) < 4.78 is 49.9. The van der Waals surface area contributed by atoms with E-state index >= 15 is 0 Å². The third-order valence-corrected chi connectivity index (χ3v) is 5.82. The molecule has 1 saturated heterocycles. The van der Waals surface area contributed by atoms with Crippen molar-refractivity contribution in [3.05, 3.63) is 71.3 Å². The summed E-state index contributed by atoms with van der Waals surface area (Å²) in [7, 11) is 0. The second kappa shape index (κ2) is 8.60. The third-order valence-electron chi connectivity index (χ3n) is 5.82. The van der Waals surface area contributed by atoms with Crippen LogP contribution in [-0.2, 0) is 12.7 Å². The van der Waals surface area contributed by atoms with Gasteiger partial charge in [0.2, 0.25) is 11.7 Å². The maximum atomic E-state index is 13.0. The van der Waals surface area contributed by atoms with Gasteiger partial charge in [0.15, 0.2) is 5.76 Å². The minimum Gasteiger partial charge on any atom is -0.451 e. The standard InChI is InChI=1S/C24H21F3N4O3/c1-15-5-6-19-17(11-15)13-20(33-19)23(32)31-9-7-30(8-10-31)14-21-28-22(29-34-21)16-3-2-4-18(12-16)24(25,26)27/h2-6,11-13H,7-10,14H2,1H3. The number of furan rings is 1. The molecule has 3 heterocycles. The highest BCUT2D eigenvalue weighted by Crippen LogP contribution is 2.31. The van der Waals surface area contributed by atoms with E-state index in [9.17, 15) is 18.0 Å². The SMILES string of the molecule is Cc1ccc2oc(C(=O)N3CCN(Cc4nc(-c5cccc(C(F)(F)F)c5)no4)CC3)cc2c1. The molecule has 1 amide bonds. The number of hydrogen-bond acceptors (Lipinski definition) is 6. The monoisotopic (exact) mass is 470 g/mol. The highest BCUT2D eigenvalue weighted by molar-refractivity contribution is 5.96. The molecule has 7 nitrogen and oxygen atoms in total. The summed E-state index contributed by atoms with van der Waals surface area (Å²) in [5.41, 5.74) is 1.25. The van der Waals surface area contributed by atoms with E-state index in [0.717, 1.165) is 23.1 Å². The van der Waals surface area contributed by atoms with Gasteiger partial charge in [-0.15, -0.1) is 0 Å². The molecule has 0 bridgehead atoms. The summed E-state index contributed by atoms with van der Waals surface area (Å²) in [5, 5.41) is 4.73. The number of alkyl halides is 3. The Labute approximate surface area is 192 Å². The van der Waals surface area contributed by atoms with Crippen LogP contribution in [0.4, 0.5) is 13.2 Å². The molecule has 0 N–H and O–H groups in total. The number of carbonyl (C=O) groups is 1. The van der Waals surface area contributed by atoms with Gasteiger partial charge in [0.05, 0.1) is 12.1 Å². The van der Waals surface area contributed by atoms with Gasteiger partial charge in [0.1, 0.15) is 5.58 Å². The van der Waals surface area contributed by atoms with Crippen molar-refractivity contribution in [3.8, 4) is 11.4 Å². The smallest absolute Gasteiger partial charge is 0.416 e. The quantitative estimate of drug-likeness (QED) is 0.428. The number of fused-ring (bicyclic) bond motifs is 1. The first-order chi connectivity index (χ1) is 16.3. The summed E-state index contributed by atoms with van der Waals surface area (Å²) in [6.45, 7) is 4.52. The Morgan fingerprint density at radius 1 is 1.06 bits per heavy atom. The normalized spacial score (nSPS) is 15.2. The number of nitrogens with zero attached hydrogens (tertiary/aromatic N) is 4. The fourth-order valence-corrected chi connectivity index (χ4v) is 4.00. The molecule has 5 rings (SSSR count). The van der Waals surface area contributed by atoms with Gasteiger partial charge in [0, 0.05) is 37.1 Å². The molecule has 34 heavy (non-hydrogen) atoms. The van der Waals surface area contributed by atoms with Crippen molar-refractivity contribution >= 4 is 16.9 Å². The summed E-state index contributed by atoms with van der Waals surface area (Å²) >= 11 is 0. The Morgan fingerprint density at radius 2 is 1.85 bits per heavy atom. The van der Waals surface area contributed by atoms with Gasteiger partial charge in [-0.2, -0.15) is 18.2 Å². The van der Waals surface area contributed by atoms with E-state index < -0.39 is 11.7 Å². The van der Waals surface area contributed by atoms with E-state index in [1.807, 2.05) is 25.1 Å². The molecular formula is C24H21F3N4O3. The molecule has 2 aromatic carbocycles. The van der Waals surface area contributed by atoms with Crippen molar-refractivity contribution in [2.24, 2.45) is 0 Å². The van der Waals surface area contributed by atoms with Crippen molar-refractivity contribution in [1.82, 2.24) is 19.9 Å². The molecule has 1 aliphatic heterocycles. The van der Waals surface area contributed by atoms with Crippen molar-refractivity contribution in [3.63, 3.8) is 0 Å². The van der Waals surface area contributed by atoms with Crippen LogP contribution in [0.25, 0.3) is 22.4 Å². The third kappa shape index (κ3) is 4.54. The molecule has 2 aromatic heterocycles. The number of rotatable bonds is 4. The van der Waals surface area contributed by atoms with Crippen LogP contribution >= 0.6 is 0 Å². The Morgan fingerprint density at radius 3 is 2.62 bits per heavy atom. The fourth-order valence-electron chi connectivity index (χ4n) is 4.00. The lowest BCUT2D eigenvalue weighted by atomic mass is 10.1. The zero-order valence-electron chi connectivity index (χ0n) is 18.3. The molecular weight excluding hydrogens is 449 g/mol. The van der Waals surface area contributed by atoms with Crippen LogP contribution in [0.15, 0.2) is 57.5 Å². The molecule has 0 aliphatic carbocycles. The van der Waals surface area contributed by atoms with Crippen molar-refractivity contribution in [2.75, 3.05) is 26.2 Å². The van der Waals surface area contributed by atoms with E-state index in [2.05, 4.69) is 15.0 Å². The molecule has 0 atom stereocenters. The average Bonchev–Trinajstić information content (AvgIpc) is 3.45. The highest BCUT2D eigenvalue weighted by atomic mass is 19.4. The van der Waals surface area contributed by atoms with Crippen LogP contribution in [0, 0.1) is 6.92 Å². The van der Waals surface area contributed by atoms with Gasteiger partial charge in [-0.05, 0) is 37.3 Å². The highest BCUT2D eigenvalue weighted by Gasteiger charge is 2.31. The first kappa shape index (κ1) is 22.1. The molecule has 0 spiro atoms. The van der Waals surface area contributed by atoms with Gasteiger partial charge in [-0.3, -0.25) is 9.69 Å². The van der Waals surface area contributed by atoms with E-state index in [1.54, 1.807) is 11.0 Å². The van der Waals surface area contributed by atoms with E-state index in [1.165, 1.54) is 12.1 Å². The summed E-state index contributed by atoms with van der Waals surface area (Å²) in [4.78, 5) is 20.9. The predicted octanol–water partition coefficient (Wildman–Crippen LogP) is 4.77.